The van der Waals surface area contributed by atoms with Gasteiger partial charge in [-0.05, 0) is 12.8 Å². The monoisotopic (exact) mass is 480 g/mol. The summed E-state index contributed by atoms with van der Waals surface area (Å²) in [4.78, 5) is 8.53. The van der Waals surface area contributed by atoms with Gasteiger partial charge < -0.3 is 21.3 Å². The number of nitrogens with zero attached hydrogens (tertiary/aromatic N) is 2. The highest BCUT2D eigenvalue weighted by Gasteiger charge is 2.03. The van der Waals surface area contributed by atoms with Gasteiger partial charge in [-0.3, -0.25) is 9.98 Å². The van der Waals surface area contributed by atoms with Crippen LogP contribution in [0.15, 0.2) is 9.98 Å². The van der Waals surface area contributed by atoms with Crippen LogP contribution in [0.3, 0.4) is 0 Å². The molecule has 0 fully saturated rings. The van der Waals surface area contributed by atoms with Crippen molar-refractivity contribution in [2.75, 3.05) is 39.3 Å². The summed E-state index contributed by atoms with van der Waals surface area (Å²) in [6.45, 7) is 5.69. The van der Waals surface area contributed by atoms with E-state index in [4.69, 9.17) is 0 Å². The number of hydrogen-bond acceptors (Lipinski definition) is 6. The summed E-state index contributed by atoms with van der Waals surface area (Å²) in [5, 5.41) is 12.9. The Morgan fingerprint density at radius 2 is 1.28 bits per heavy atom. The Bertz CT molecular complexity index is 254. The van der Waals surface area contributed by atoms with Gasteiger partial charge in [-0.15, -0.1) is 48.0 Å². The van der Waals surface area contributed by atoms with Crippen LogP contribution in [0.5, 0.6) is 0 Å². The molecule has 2 heterocycles. The van der Waals surface area contributed by atoms with E-state index in [1.54, 1.807) is 0 Å². The Morgan fingerprint density at radius 3 is 1.61 bits per heavy atom. The molecule has 4 N–H and O–H groups in total. The molecular weight excluding hydrogens is 458 g/mol. The lowest BCUT2D eigenvalue weighted by atomic mass is 10.3. The Kier molecular flexibility index (Phi) is 10.9. The van der Waals surface area contributed by atoms with Crippen LogP contribution in [0, 0.1) is 0 Å². The van der Waals surface area contributed by atoms with Gasteiger partial charge in [-0.1, -0.05) is 0 Å². The zero-order valence-corrected chi connectivity index (χ0v) is 15.0. The molecular formula is C10H22I2N6. The van der Waals surface area contributed by atoms with Crippen LogP contribution in [0.2, 0.25) is 0 Å². The maximum atomic E-state index is 4.27. The SMILES string of the molecule is C(CCNC1=NCCN1)CNC1=NCCN1.I.I. The summed E-state index contributed by atoms with van der Waals surface area (Å²) >= 11 is 0. The largest absolute Gasteiger partial charge is 0.356 e. The first-order valence-corrected chi connectivity index (χ1v) is 5.99. The molecule has 0 saturated carbocycles. The third-order valence-corrected chi connectivity index (χ3v) is 2.54. The van der Waals surface area contributed by atoms with Crippen molar-refractivity contribution in [3.8, 4) is 0 Å². The van der Waals surface area contributed by atoms with Crippen molar-refractivity contribution in [2.45, 2.75) is 12.8 Å². The van der Waals surface area contributed by atoms with E-state index in [9.17, 15) is 0 Å². The van der Waals surface area contributed by atoms with Gasteiger partial charge in [0.1, 0.15) is 0 Å². The highest BCUT2D eigenvalue weighted by atomic mass is 127. The third-order valence-electron chi connectivity index (χ3n) is 2.54. The minimum atomic E-state index is 0. The van der Waals surface area contributed by atoms with Gasteiger partial charge in [0.05, 0.1) is 13.1 Å². The second kappa shape index (κ2) is 10.9. The average molecular weight is 480 g/mol. The first kappa shape index (κ1) is 18.0. The molecule has 0 bridgehead atoms. The van der Waals surface area contributed by atoms with E-state index >= 15 is 0 Å². The molecule has 0 amide bonds. The first-order chi connectivity index (χ1) is 7.95. The van der Waals surface area contributed by atoms with E-state index in [0.29, 0.717) is 0 Å². The first-order valence-electron chi connectivity index (χ1n) is 5.99. The Morgan fingerprint density at radius 1 is 0.833 bits per heavy atom. The van der Waals surface area contributed by atoms with Crippen LogP contribution in [0.1, 0.15) is 12.8 Å². The van der Waals surface area contributed by atoms with Gasteiger partial charge in [-0.2, -0.15) is 0 Å². The van der Waals surface area contributed by atoms with Gasteiger partial charge in [-0.25, -0.2) is 0 Å². The summed E-state index contributed by atoms with van der Waals surface area (Å²) in [5.41, 5.74) is 0. The summed E-state index contributed by atoms with van der Waals surface area (Å²) in [6, 6.07) is 0. The Hall–Kier alpha value is 0. The zero-order chi connectivity index (χ0) is 11.1. The van der Waals surface area contributed by atoms with E-state index in [2.05, 4.69) is 31.3 Å². The van der Waals surface area contributed by atoms with E-state index < -0.39 is 0 Å². The molecule has 6 nitrogen and oxygen atoms in total. The van der Waals surface area contributed by atoms with Crippen molar-refractivity contribution >= 4 is 59.9 Å². The number of rotatable bonds is 5. The summed E-state index contributed by atoms with van der Waals surface area (Å²) in [5.74, 6) is 1.91. The molecule has 0 unspecified atom stereocenters. The molecule has 0 atom stereocenters. The number of nitrogens with one attached hydrogen (secondary N) is 4. The standard InChI is InChI=1S/C10H20N6.2HI/c1(3-11-9-13-5-6-14-9)2-4-12-10-15-7-8-16-10;;/h1-8H2,(H2,11,13,14)(H2,12,15,16);2*1H. The van der Waals surface area contributed by atoms with Crippen LogP contribution in [-0.4, -0.2) is 51.2 Å². The predicted molar refractivity (Wildman–Crippen MR) is 96.7 cm³/mol. The highest BCUT2D eigenvalue weighted by Crippen LogP contribution is 1.88. The molecule has 0 radical (unpaired) electrons. The zero-order valence-electron chi connectivity index (χ0n) is 10.4. The second-order valence-electron chi connectivity index (χ2n) is 3.87. The highest BCUT2D eigenvalue weighted by molar-refractivity contribution is 14.0. The summed E-state index contributed by atoms with van der Waals surface area (Å²) in [7, 11) is 0. The molecule has 2 rings (SSSR count). The van der Waals surface area contributed by atoms with Crippen LogP contribution in [0.4, 0.5) is 0 Å². The molecule has 2 aliphatic rings. The molecule has 0 aromatic heterocycles. The molecule has 0 spiro atoms. The average Bonchev–Trinajstić information content (AvgIpc) is 2.96. The van der Waals surface area contributed by atoms with E-state index in [1.807, 2.05) is 0 Å². The smallest absolute Gasteiger partial charge is 0.191 e. The van der Waals surface area contributed by atoms with E-state index in [-0.39, 0.29) is 48.0 Å². The normalized spacial score (nSPS) is 16.4. The fourth-order valence-corrected chi connectivity index (χ4v) is 1.70. The van der Waals surface area contributed by atoms with Crippen molar-refractivity contribution in [3.63, 3.8) is 0 Å². The molecule has 0 saturated heterocycles. The van der Waals surface area contributed by atoms with Gasteiger partial charge in [0, 0.05) is 26.2 Å². The van der Waals surface area contributed by atoms with Gasteiger partial charge in [0.15, 0.2) is 11.9 Å². The number of guanidine groups is 2. The molecule has 0 aliphatic carbocycles. The Balaban J connectivity index is 0.00000144. The molecule has 106 valence electrons. The van der Waals surface area contributed by atoms with Crippen molar-refractivity contribution in [1.82, 2.24) is 21.3 Å². The topological polar surface area (TPSA) is 72.8 Å². The Labute approximate surface area is 142 Å². The van der Waals surface area contributed by atoms with Crippen LogP contribution >= 0.6 is 48.0 Å². The van der Waals surface area contributed by atoms with Crippen molar-refractivity contribution in [2.24, 2.45) is 9.98 Å². The van der Waals surface area contributed by atoms with E-state index in [0.717, 1.165) is 64.0 Å². The van der Waals surface area contributed by atoms with Crippen molar-refractivity contribution in [1.29, 1.82) is 0 Å². The maximum absolute atomic E-state index is 4.27. The molecule has 18 heavy (non-hydrogen) atoms. The number of aliphatic imine (C=N–C) groups is 2. The van der Waals surface area contributed by atoms with Gasteiger partial charge in [0.25, 0.3) is 0 Å². The second-order valence-corrected chi connectivity index (χ2v) is 3.87. The van der Waals surface area contributed by atoms with Crippen LogP contribution < -0.4 is 21.3 Å². The maximum Gasteiger partial charge on any atom is 0.191 e. The number of unbranched alkanes of at least 4 members (excludes halogenated alkanes) is 1. The van der Waals surface area contributed by atoms with E-state index in [1.165, 1.54) is 0 Å². The fourth-order valence-electron chi connectivity index (χ4n) is 1.70. The van der Waals surface area contributed by atoms with Crippen LogP contribution in [0.25, 0.3) is 0 Å². The van der Waals surface area contributed by atoms with Gasteiger partial charge >= 0.3 is 0 Å². The minimum Gasteiger partial charge on any atom is -0.356 e. The van der Waals surface area contributed by atoms with Crippen molar-refractivity contribution < 1.29 is 0 Å². The molecule has 8 heteroatoms. The van der Waals surface area contributed by atoms with Gasteiger partial charge in [0.2, 0.25) is 0 Å². The molecule has 2 aliphatic heterocycles. The number of halogens is 2. The predicted octanol–water partition coefficient (Wildman–Crippen LogP) is 0.100. The lowest BCUT2D eigenvalue weighted by Crippen LogP contribution is -2.36. The number of hydrogen-bond donors (Lipinski definition) is 4. The summed E-state index contributed by atoms with van der Waals surface area (Å²) < 4.78 is 0. The minimum absolute atomic E-state index is 0. The summed E-state index contributed by atoms with van der Waals surface area (Å²) in [6.07, 6.45) is 2.28. The molecule has 0 aromatic carbocycles. The van der Waals surface area contributed by atoms with Crippen molar-refractivity contribution in [3.05, 3.63) is 0 Å². The third kappa shape index (κ3) is 6.81. The molecule has 0 aromatic rings. The fraction of sp³-hybridized carbons (Fsp3) is 0.800. The van der Waals surface area contributed by atoms with Crippen LogP contribution in [-0.2, 0) is 0 Å². The lowest BCUT2D eigenvalue weighted by Gasteiger charge is -2.08. The lowest BCUT2D eigenvalue weighted by molar-refractivity contribution is 0.681. The quantitative estimate of drug-likeness (QED) is 0.333.